The third-order valence-electron chi connectivity index (χ3n) is 5.30. The second-order valence-corrected chi connectivity index (χ2v) is 7.41. The van der Waals surface area contributed by atoms with Gasteiger partial charge in [0.2, 0.25) is 5.91 Å². The van der Waals surface area contributed by atoms with Crippen LogP contribution in [0.25, 0.3) is 11.1 Å². The lowest BCUT2D eigenvalue weighted by molar-refractivity contribution is -0.153. The van der Waals surface area contributed by atoms with Crippen LogP contribution in [0.15, 0.2) is 54.6 Å². The summed E-state index contributed by atoms with van der Waals surface area (Å²) in [6.07, 6.45) is -0.0559. The zero-order valence-electron chi connectivity index (χ0n) is 17.6. The molecule has 2 amide bonds. The van der Waals surface area contributed by atoms with E-state index in [2.05, 4.69) is 0 Å². The van der Waals surface area contributed by atoms with Crippen molar-refractivity contribution < 1.29 is 23.9 Å². The van der Waals surface area contributed by atoms with E-state index < -0.39 is 5.97 Å². The van der Waals surface area contributed by atoms with Crippen molar-refractivity contribution in [1.82, 2.24) is 9.80 Å². The van der Waals surface area contributed by atoms with Gasteiger partial charge in [0.15, 0.2) is 12.4 Å². The van der Waals surface area contributed by atoms with Gasteiger partial charge in [-0.05, 0) is 11.1 Å². The molecule has 7 nitrogen and oxygen atoms in total. The van der Waals surface area contributed by atoms with Crippen LogP contribution in [-0.4, -0.2) is 66.2 Å². The molecule has 7 heteroatoms. The van der Waals surface area contributed by atoms with Crippen LogP contribution >= 0.6 is 0 Å². The maximum Gasteiger partial charge on any atom is 0.306 e. The van der Waals surface area contributed by atoms with Crippen LogP contribution in [0.2, 0.25) is 0 Å². The van der Waals surface area contributed by atoms with Crippen molar-refractivity contribution in [3.8, 4) is 11.1 Å². The van der Waals surface area contributed by atoms with Gasteiger partial charge in [-0.2, -0.15) is 0 Å². The first-order chi connectivity index (χ1) is 14.9. The normalized spacial score (nSPS) is 13.6. The van der Waals surface area contributed by atoms with Gasteiger partial charge in [0.25, 0.3) is 5.91 Å². The van der Waals surface area contributed by atoms with Gasteiger partial charge in [0, 0.05) is 45.1 Å². The molecule has 0 unspecified atom stereocenters. The van der Waals surface area contributed by atoms with Crippen LogP contribution in [0.1, 0.15) is 30.1 Å². The van der Waals surface area contributed by atoms with Crippen molar-refractivity contribution in [1.29, 1.82) is 0 Å². The first kappa shape index (κ1) is 22.2. The van der Waals surface area contributed by atoms with E-state index in [4.69, 9.17) is 4.74 Å². The average Bonchev–Trinajstić information content (AvgIpc) is 2.81. The number of esters is 1. The third kappa shape index (κ3) is 6.25. The van der Waals surface area contributed by atoms with Crippen LogP contribution in [0.5, 0.6) is 0 Å². The fourth-order valence-electron chi connectivity index (χ4n) is 3.42. The highest BCUT2D eigenvalue weighted by Crippen LogP contribution is 2.20. The second-order valence-electron chi connectivity index (χ2n) is 7.41. The van der Waals surface area contributed by atoms with E-state index >= 15 is 0 Å². The summed E-state index contributed by atoms with van der Waals surface area (Å²) in [5, 5.41) is 0. The third-order valence-corrected chi connectivity index (χ3v) is 5.30. The Hall–Kier alpha value is -3.48. The Kier molecular flexibility index (Phi) is 7.54. The summed E-state index contributed by atoms with van der Waals surface area (Å²) in [6, 6.07) is 17.1. The van der Waals surface area contributed by atoms with E-state index in [1.807, 2.05) is 42.5 Å². The van der Waals surface area contributed by atoms with Gasteiger partial charge in [0.1, 0.15) is 0 Å². The number of piperazine rings is 1. The molecule has 1 saturated heterocycles. The summed E-state index contributed by atoms with van der Waals surface area (Å²) in [7, 11) is 0. The number of benzene rings is 2. The Morgan fingerprint density at radius 2 is 1.35 bits per heavy atom. The minimum atomic E-state index is -0.579. The molecule has 0 bridgehead atoms. The largest absolute Gasteiger partial charge is 0.456 e. The highest BCUT2D eigenvalue weighted by molar-refractivity contribution is 5.98. The fourth-order valence-corrected chi connectivity index (χ4v) is 3.42. The predicted octanol–water partition coefficient (Wildman–Crippen LogP) is 2.55. The lowest BCUT2D eigenvalue weighted by Crippen LogP contribution is -2.51. The first-order valence-electron chi connectivity index (χ1n) is 10.3. The molecule has 0 saturated carbocycles. The molecule has 1 aliphatic rings. The SMILES string of the molecule is CC(=O)N1CCN(C(=O)COC(=O)CCC(=O)c2ccc(-c3ccccc3)cc2)CC1. The second kappa shape index (κ2) is 10.5. The predicted molar refractivity (Wildman–Crippen MR) is 115 cm³/mol. The highest BCUT2D eigenvalue weighted by atomic mass is 16.5. The number of carbonyl (C=O) groups excluding carboxylic acids is 4. The van der Waals surface area contributed by atoms with Gasteiger partial charge < -0.3 is 14.5 Å². The van der Waals surface area contributed by atoms with Crippen molar-refractivity contribution in [3.05, 3.63) is 60.2 Å². The van der Waals surface area contributed by atoms with E-state index in [1.54, 1.807) is 21.9 Å². The fraction of sp³-hybridized carbons (Fsp3) is 0.333. The van der Waals surface area contributed by atoms with Gasteiger partial charge in [0.05, 0.1) is 6.42 Å². The number of amides is 2. The Bertz CT molecular complexity index is 932. The van der Waals surface area contributed by atoms with Gasteiger partial charge in [-0.1, -0.05) is 54.6 Å². The zero-order chi connectivity index (χ0) is 22.2. The Labute approximate surface area is 181 Å². The summed E-state index contributed by atoms with van der Waals surface area (Å²) in [5.74, 6) is -1.04. The molecule has 3 rings (SSSR count). The minimum absolute atomic E-state index is 0.0158. The topological polar surface area (TPSA) is 84.0 Å². The average molecular weight is 422 g/mol. The first-order valence-corrected chi connectivity index (χ1v) is 10.3. The molecule has 1 heterocycles. The molecule has 1 fully saturated rings. The molecule has 0 spiro atoms. The van der Waals surface area contributed by atoms with Crippen molar-refractivity contribution >= 4 is 23.6 Å². The molecule has 2 aromatic rings. The van der Waals surface area contributed by atoms with Gasteiger partial charge in [-0.25, -0.2) is 0 Å². The molecular formula is C24H26N2O5. The van der Waals surface area contributed by atoms with Crippen molar-refractivity contribution in [2.45, 2.75) is 19.8 Å². The van der Waals surface area contributed by atoms with E-state index in [9.17, 15) is 19.2 Å². The number of rotatable bonds is 7. The smallest absolute Gasteiger partial charge is 0.306 e. The number of nitrogens with zero attached hydrogens (tertiary/aromatic N) is 2. The van der Waals surface area contributed by atoms with E-state index in [1.165, 1.54) is 6.92 Å². The number of hydrogen-bond acceptors (Lipinski definition) is 5. The number of carbonyl (C=O) groups is 4. The molecule has 0 N–H and O–H groups in total. The van der Waals surface area contributed by atoms with Crippen LogP contribution in [0.4, 0.5) is 0 Å². The maximum absolute atomic E-state index is 12.4. The summed E-state index contributed by atoms with van der Waals surface area (Å²) < 4.78 is 5.03. The van der Waals surface area contributed by atoms with Crippen molar-refractivity contribution in [2.75, 3.05) is 32.8 Å². The summed E-state index contributed by atoms with van der Waals surface area (Å²) in [4.78, 5) is 51.0. The molecule has 0 radical (unpaired) electrons. The summed E-state index contributed by atoms with van der Waals surface area (Å²) >= 11 is 0. The van der Waals surface area contributed by atoms with Crippen LogP contribution < -0.4 is 0 Å². The quantitative estimate of drug-likeness (QED) is 0.506. The zero-order valence-corrected chi connectivity index (χ0v) is 17.6. The molecule has 162 valence electrons. The molecular weight excluding hydrogens is 396 g/mol. The molecule has 0 atom stereocenters. The van der Waals surface area contributed by atoms with Gasteiger partial charge >= 0.3 is 5.97 Å². The van der Waals surface area contributed by atoms with Crippen LogP contribution in [0, 0.1) is 0 Å². The summed E-state index contributed by atoms with van der Waals surface area (Å²) in [6.45, 7) is 2.96. The van der Waals surface area contributed by atoms with Crippen LogP contribution in [0.3, 0.4) is 0 Å². The molecule has 31 heavy (non-hydrogen) atoms. The Morgan fingerprint density at radius 3 is 1.97 bits per heavy atom. The lowest BCUT2D eigenvalue weighted by atomic mass is 10.0. The number of hydrogen-bond donors (Lipinski definition) is 0. The molecule has 2 aromatic carbocycles. The molecule has 0 aliphatic carbocycles. The van der Waals surface area contributed by atoms with E-state index in [0.29, 0.717) is 31.7 Å². The van der Waals surface area contributed by atoms with E-state index in [0.717, 1.165) is 11.1 Å². The maximum atomic E-state index is 12.4. The van der Waals surface area contributed by atoms with Gasteiger partial charge in [-0.15, -0.1) is 0 Å². The van der Waals surface area contributed by atoms with E-state index in [-0.39, 0.29) is 37.0 Å². The monoisotopic (exact) mass is 422 g/mol. The standard InChI is InChI=1S/C24H26N2O5/c1-18(27)25-13-15-26(16-14-25)23(29)17-31-24(30)12-11-22(28)21-9-7-20(8-10-21)19-5-3-2-4-6-19/h2-10H,11-17H2,1H3. The minimum Gasteiger partial charge on any atom is -0.456 e. The molecule has 0 aromatic heterocycles. The van der Waals surface area contributed by atoms with Crippen molar-refractivity contribution in [2.24, 2.45) is 0 Å². The van der Waals surface area contributed by atoms with Crippen LogP contribution in [-0.2, 0) is 19.1 Å². The van der Waals surface area contributed by atoms with Gasteiger partial charge in [-0.3, -0.25) is 19.2 Å². The molecule has 1 aliphatic heterocycles. The van der Waals surface area contributed by atoms with Crippen molar-refractivity contribution in [3.63, 3.8) is 0 Å². The Morgan fingerprint density at radius 1 is 0.774 bits per heavy atom. The lowest BCUT2D eigenvalue weighted by Gasteiger charge is -2.34. The number of Topliss-reactive ketones (excluding diaryl/α,β-unsaturated/α-hetero) is 1. The number of ether oxygens (including phenoxy) is 1. The summed E-state index contributed by atoms with van der Waals surface area (Å²) in [5.41, 5.74) is 2.61. The Balaban J connectivity index is 1.40. The highest BCUT2D eigenvalue weighted by Gasteiger charge is 2.23. The number of ketones is 1.